The SMILES string of the molecule is O=C(NC1CCC(O)CC1)c1ccc2c(c1)OCCN(c1ccccc1)C2. The van der Waals surface area contributed by atoms with Gasteiger partial charge < -0.3 is 20.1 Å². The minimum atomic E-state index is -0.216. The van der Waals surface area contributed by atoms with Crippen molar-refractivity contribution in [3.8, 4) is 5.75 Å². The molecule has 0 unspecified atom stereocenters. The maximum atomic E-state index is 12.6. The third-order valence-electron chi connectivity index (χ3n) is 5.46. The largest absolute Gasteiger partial charge is 0.491 e. The van der Waals surface area contributed by atoms with Gasteiger partial charge >= 0.3 is 0 Å². The second kappa shape index (κ2) is 8.01. The van der Waals surface area contributed by atoms with Gasteiger partial charge in [0, 0.05) is 29.4 Å². The van der Waals surface area contributed by atoms with E-state index in [1.54, 1.807) is 0 Å². The fourth-order valence-electron chi connectivity index (χ4n) is 3.86. The number of amides is 1. The zero-order valence-electron chi connectivity index (χ0n) is 15.4. The summed E-state index contributed by atoms with van der Waals surface area (Å²) in [6.45, 7) is 2.17. The maximum absolute atomic E-state index is 12.6. The molecule has 0 saturated heterocycles. The zero-order chi connectivity index (χ0) is 18.6. The quantitative estimate of drug-likeness (QED) is 0.876. The van der Waals surface area contributed by atoms with Crippen molar-refractivity contribution >= 4 is 11.6 Å². The van der Waals surface area contributed by atoms with E-state index in [4.69, 9.17) is 4.74 Å². The normalized spacial score (nSPS) is 22.3. The topological polar surface area (TPSA) is 61.8 Å². The minimum absolute atomic E-state index is 0.0630. The number of aliphatic hydroxyl groups excluding tert-OH is 1. The van der Waals surface area contributed by atoms with E-state index < -0.39 is 0 Å². The number of carbonyl (C=O) groups excluding carboxylic acids is 1. The van der Waals surface area contributed by atoms with E-state index in [0.717, 1.165) is 50.1 Å². The maximum Gasteiger partial charge on any atom is 0.251 e. The molecule has 0 atom stereocenters. The van der Waals surface area contributed by atoms with Crippen LogP contribution in [0.25, 0.3) is 0 Å². The summed E-state index contributed by atoms with van der Waals surface area (Å²) in [4.78, 5) is 14.9. The van der Waals surface area contributed by atoms with Crippen molar-refractivity contribution in [2.24, 2.45) is 0 Å². The molecule has 0 aromatic heterocycles. The summed E-state index contributed by atoms with van der Waals surface area (Å²) >= 11 is 0. The Bertz CT molecular complexity index is 785. The molecule has 0 spiro atoms. The predicted octanol–water partition coefficient (Wildman–Crippen LogP) is 3.12. The molecule has 1 amide bonds. The van der Waals surface area contributed by atoms with Crippen molar-refractivity contribution < 1.29 is 14.6 Å². The van der Waals surface area contributed by atoms with Crippen LogP contribution in [0.3, 0.4) is 0 Å². The number of nitrogens with zero attached hydrogens (tertiary/aromatic N) is 1. The van der Waals surface area contributed by atoms with Crippen LogP contribution in [0.15, 0.2) is 48.5 Å². The number of para-hydroxylation sites is 1. The van der Waals surface area contributed by atoms with Crippen LogP contribution in [0.4, 0.5) is 5.69 Å². The highest BCUT2D eigenvalue weighted by atomic mass is 16.5. The van der Waals surface area contributed by atoms with Crippen molar-refractivity contribution in [1.82, 2.24) is 5.32 Å². The Balaban J connectivity index is 1.45. The van der Waals surface area contributed by atoms with Crippen LogP contribution in [-0.4, -0.2) is 36.3 Å². The number of hydrogen-bond acceptors (Lipinski definition) is 4. The standard InChI is InChI=1S/C22H26N2O3/c25-20-10-8-18(9-11-20)23-22(26)16-6-7-17-15-24(12-13-27-21(17)14-16)19-4-2-1-3-5-19/h1-7,14,18,20,25H,8-13,15H2,(H,23,26). The number of fused-ring (bicyclic) bond motifs is 1. The first kappa shape index (κ1) is 17.9. The van der Waals surface area contributed by atoms with Crippen LogP contribution in [0.2, 0.25) is 0 Å². The van der Waals surface area contributed by atoms with Gasteiger partial charge in [0.15, 0.2) is 0 Å². The molecule has 142 valence electrons. The summed E-state index contributed by atoms with van der Waals surface area (Å²) in [5, 5.41) is 12.7. The van der Waals surface area contributed by atoms with E-state index in [-0.39, 0.29) is 18.1 Å². The summed E-state index contributed by atoms with van der Waals surface area (Å²) in [6, 6.07) is 16.2. The van der Waals surface area contributed by atoms with E-state index in [1.165, 1.54) is 5.69 Å². The summed E-state index contributed by atoms with van der Waals surface area (Å²) < 4.78 is 5.94. The molecule has 0 bridgehead atoms. The number of rotatable bonds is 3. The lowest BCUT2D eigenvalue weighted by atomic mass is 9.93. The Morgan fingerprint density at radius 2 is 1.85 bits per heavy atom. The number of anilines is 1. The smallest absolute Gasteiger partial charge is 0.251 e. The molecule has 1 aliphatic carbocycles. The van der Waals surface area contributed by atoms with Crippen LogP contribution in [0, 0.1) is 0 Å². The molecule has 5 heteroatoms. The van der Waals surface area contributed by atoms with E-state index >= 15 is 0 Å². The van der Waals surface area contributed by atoms with Crippen molar-refractivity contribution in [2.45, 2.75) is 44.4 Å². The van der Waals surface area contributed by atoms with Gasteiger partial charge in [-0.3, -0.25) is 4.79 Å². The molecule has 2 aromatic rings. The van der Waals surface area contributed by atoms with E-state index in [9.17, 15) is 9.90 Å². The molecule has 0 radical (unpaired) electrons. The number of carbonyl (C=O) groups is 1. The summed E-state index contributed by atoms with van der Waals surface area (Å²) in [7, 11) is 0. The molecule has 2 N–H and O–H groups in total. The first-order chi connectivity index (χ1) is 13.2. The van der Waals surface area contributed by atoms with Gasteiger partial charge in [-0.05, 0) is 49.9 Å². The third kappa shape index (κ3) is 4.25. The number of benzene rings is 2. The molecule has 1 saturated carbocycles. The Kier molecular flexibility index (Phi) is 5.30. The summed E-state index contributed by atoms with van der Waals surface area (Å²) in [5.74, 6) is 0.729. The van der Waals surface area contributed by atoms with E-state index in [0.29, 0.717) is 12.2 Å². The fraction of sp³-hybridized carbons (Fsp3) is 0.409. The number of ether oxygens (including phenoxy) is 1. The van der Waals surface area contributed by atoms with Gasteiger partial charge in [0.2, 0.25) is 0 Å². The van der Waals surface area contributed by atoms with Crippen molar-refractivity contribution in [3.05, 3.63) is 59.7 Å². The molecule has 5 nitrogen and oxygen atoms in total. The predicted molar refractivity (Wildman–Crippen MR) is 105 cm³/mol. The first-order valence-corrected chi connectivity index (χ1v) is 9.74. The van der Waals surface area contributed by atoms with Gasteiger partial charge in [0.25, 0.3) is 5.91 Å². The van der Waals surface area contributed by atoms with Gasteiger partial charge in [0.05, 0.1) is 12.6 Å². The molecule has 1 aliphatic heterocycles. The lowest BCUT2D eigenvalue weighted by Gasteiger charge is -2.26. The molecule has 4 rings (SSSR count). The summed E-state index contributed by atoms with van der Waals surface area (Å²) in [6.07, 6.45) is 2.97. The second-order valence-electron chi connectivity index (χ2n) is 7.41. The molecule has 2 aromatic carbocycles. The molecule has 1 fully saturated rings. The van der Waals surface area contributed by atoms with Crippen LogP contribution >= 0.6 is 0 Å². The van der Waals surface area contributed by atoms with Crippen LogP contribution in [0.1, 0.15) is 41.6 Å². The Morgan fingerprint density at radius 3 is 2.63 bits per heavy atom. The monoisotopic (exact) mass is 366 g/mol. The van der Waals surface area contributed by atoms with Gasteiger partial charge in [-0.15, -0.1) is 0 Å². The average Bonchev–Trinajstić information content (AvgIpc) is 2.92. The molecule has 1 heterocycles. The first-order valence-electron chi connectivity index (χ1n) is 9.74. The lowest BCUT2D eigenvalue weighted by Crippen LogP contribution is -2.38. The van der Waals surface area contributed by atoms with Crippen molar-refractivity contribution in [1.29, 1.82) is 0 Å². The van der Waals surface area contributed by atoms with Gasteiger partial charge in [-0.1, -0.05) is 24.3 Å². The van der Waals surface area contributed by atoms with Gasteiger partial charge in [0.1, 0.15) is 12.4 Å². The molecule has 27 heavy (non-hydrogen) atoms. The van der Waals surface area contributed by atoms with E-state index in [2.05, 4.69) is 22.3 Å². The average molecular weight is 366 g/mol. The highest BCUT2D eigenvalue weighted by molar-refractivity contribution is 5.95. The highest BCUT2D eigenvalue weighted by Crippen LogP contribution is 2.27. The minimum Gasteiger partial charge on any atom is -0.491 e. The van der Waals surface area contributed by atoms with Crippen LogP contribution < -0.4 is 15.0 Å². The fourth-order valence-corrected chi connectivity index (χ4v) is 3.86. The summed E-state index contributed by atoms with van der Waals surface area (Å²) in [5.41, 5.74) is 2.90. The molecule has 2 aliphatic rings. The van der Waals surface area contributed by atoms with Gasteiger partial charge in [-0.25, -0.2) is 0 Å². The molecular formula is C22H26N2O3. The molecular weight excluding hydrogens is 340 g/mol. The van der Waals surface area contributed by atoms with Crippen molar-refractivity contribution in [3.63, 3.8) is 0 Å². The zero-order valence-corrected chi connectivity index (χ0v) is 15.4. The van der Waals surface area contributed by atoms with E-state index in [1.807, 2.05) is 36.4 Å². The Hall–Kier alpha value is -2.53. The number of hydrogen-bond donors (Lipinski definition) is 2. The lowest BCUT2D eigenvalue weighted by molar-refractivity contribution is 0.0867. The third-order valence-corrected chi connectivity index (χ3v) is 5.46. The van der Waals surface area contributed by atoms with Crippen LogP contribution in [-0.2, 0) is 6.54 Å². The van der Waals surface area contributed by atoms with Crippen molar-refractivity contribution in [2.75, 3.05) is 18.1 Å². The van der Waals surface area contributed by atoms with Gasteiger partial charge in [-0.2, -0.15) is 0 Å². The Morgan fingerprint density at radius 1 is 1.07 bits per heavy atom. The highest BCUT2D eigenvalue weighted by Gasteiger charge is 2.22. The van der Waals surface area contributed by atoms with Crippen LogP contribution in [0.5, 0.6) is 5.75 Å². The Labute approximate surface area is 160 Å². The number of nitrogens with one attached hydrogen (secondary N) is 1. The second-order valence-corrected chi connectivity index (χ2v) is 7.41. The number of aliphatic hydroxyl groups is 1.